The van der Waals surface area contributed by atoms with E-state index in [1.165, 1.54) is 34.6 Å². The van der Waals surface area contributed by atoms with Crippen LogP contribution in [0.3, 0.4) is 0 Å². The van der Waals surface area contributed by atoms with E-state index in [-0.39, 0.29) is 27.9 Å². The molecular formula is C24H18ClF3N4O4S. The van der Waals surface area contributed by atoms with Crippen LogP contribution in [0, 0.1) is 0 Å². The normalized spacial score (nSPS) is 15.1. The molecule has 2 aromatic heterocycles. The summed E-state index contributed by atoms with van der Waals surface area (Å²) in [6.07, 6.45) is -4.45. The first-order valence-corrected chi connectivity index (χ1v) is 12.7. The highest BCUT2D eigenvalue weighted by atomic mass is 35.5. The lowest BCUT2D eigenvalue weighted by Gasteiger charge is -2.22. The summed E-state index contributed by atoms with van der Waals surface area (Å²) in [5.74, 6) is -0.714. The van der Waals surface area contributed by atoms with Gasteiger partial charge >= 0.3 is 11.9 Å². The van der Waals surface area contributed by atoms with E-state index in [9.17, 15) is 26.4 Å². The number of anilines is 1. The quantitative estimate of drug-likeness (QED) is 0.372. The van der Waals surface area contributed by atoms with E-state index in [0.29, 0.717) is 22.6 Å². The van der Waals surface area contributed by atoms with Crippen molar-refractivity contribution in [1.29, 1.82) is 0 Å². The van der Waals surface area contributed by atoms with Gasteiger partial charge in [-0.25, -0.2) is 18.2 Å². The number of rotatable bonds is 4. The lowest BCUT2D eigenvalue weighted by atomic mass is 9.91. The van der Waals surface area contributed by atoms with Crippen LogP contribution in [0.5, 0.6) is 0 Å². The van der Waals surface area contributed by atoms with Crippen molar-refractivity contribution in [3.63, 3.8) is 0 Å². The van der Waals surface area contributed by atoms with Crippen LogP contribution in [-0.4, -0.2) is 30.1 Å². The maximum absolute atomic E-state index is 13.6. The second kappa shape index (κ2) is 8.45. The molecule has 0 aliphatic carbocycles. The van der Waals surface area contributed by atoms with Gasteiger partial charge in [0.25, 0.3) is 10.0 Å². The Morgan fingerprint density at radius 1 is 1.08 bits per heavy atom. The van der Waals surface area contributed by atoms with Crippen molar-refractivity contribution in [2.45, 2.75) is 30.3 Å². The predicted molar refractivity (Wildman–Crippen MR) is 130 cm³/mol. The van der Waals surface area contributed by atoms with E-state index < -0.39 is 32.9 Å². The average molecular weight is 551 g/mol. The Balaban J connectivity index is 1.51. The van der Waals surface area contributed by atoms with Gasteiger partial charge in [-0.2, -0.15) is 13.2 Å². The summed E-state index contributed by atoms with van der Waals surface area (Å²) in [4.78, 5) is 18.2. The number of hydrogen-bond acceptors (Lipinski definition) is 6. The number of sulfonamides is 1. The molecule has 0 bridgehead atoms. The Morgan fingerprint density at radius 3 is 2.38 bits per heavy atom. The fraction of sp³-hybridized carbons (Fsp3) is 0.208. The van der Waals surface area contributed by atoms with Gasteiger partial charge in [-0.05, 0) is 42.5 Å². The Morgan fingerprint density at radius 2 is 1.78 bits per heavy atom. The number of hydrogen-bond donors (Lipinski definition) is 1. The number of halogens is 4. The molecule has 0 saturated carbocycles. The van der Waals surface area contributed by atoms with Gasteiger partial charge in [0.2, 0.25) is 0 Å². The minimum atomic E-state index is -4.45. The molecule has 2 aromatic carbocycles. The van der Waals surface area contributed by atoms with Gasteiger partial charge in [0.15, 0.2) is 5.82 Å². The van der Waals surface area contributed by atoms with Gasteiger partial charge in [-0.15, -0.1) is 0 Å². The fourth-order valence-electron chi connectivity index (χ4n) is 4.20. The molecule has 0 unspecified atom stereocenters. The molecule has 4 aromatic rings. The highest BCUT2D eigenvalue weighted by molar-refractivity contribution is 7.92. The van der Waals surface area contributed by atoms with Crippen molar-refractivity contribution in [2.75, 3.05) is 10.8 Å². The molecule has 1 N–H and O–H groups in total. The van der Waals surface area contributed by atoms with Crippen LogP contribution in [0.2, 0.25) is 5.02 Å². The fourth-order valence-corrected chi connectivity index (χ4v) is 6.19. The minimum Gasteiger partial charge on any atom is -0.296 e. The summed E-state index contributed by atoms with van der Waals surface area (Å²) < 4.78 is 71.7. The largest absolute Gasteiger partial charge is 0.439 e. The second-order valence-corrected chi connectivity index (χ2v) is 11.4. The predicted octanol–water partition coefficient (Wildman–Crippen LogP) is 5.25. The van der Waals surface area contributed by atoms with Crippen LogP contribution < -0.4 is 10.1 Å². The summed E-state index contributed by atoms with van der Waals surface area (Å²) >= 11 is 6.30. The van der Waals surface area contributed by atoms with Crippen LogP contribution in [-0.2, 0) is 21.6 Å². The maximum atomic E-state index is 13.6. The van der Waals surface area contributed by atoms with Crippen LogP contribution in [0.4, 0.5) is 18.9 Å². The highest BCUT2D eigenvalue weighted by Gasteiger charge is 2.43. The molecule has 13 heteroatoms. The van der Waals surface area contributed by atoms with Crippen LogP contribution in [0.15, 0.2) is 68.8 Å². The zero-order valence-electron chi connectivity index (χ0n) is 19.3. The molecule has 0 fully saturated rings. The number of aromatic nitrogens is 3. The smallest absolute Gasteiger partial charge is 0.296 e. The molecule has 8 nitrogen and oxygen atoms in total. The number of benzene rings is 2. The SMILES string of the molecule is CC1(C)CN(S(=O)(=O)c2ccc(-c3noc(=O)[nH]3)c(Cl)c2)c2ccc(-c3ccc(C(F)(F)F)cc3)nc21. The second-order valence-electron chi connectivity index (χ2n) is 9.12. The first kappa shape index (κ1) is 25.0. The summed E-state index contributed by atoms with van der Waals surface area (Å²) in [6, 6.07) is 11.8. The molecular weight excluding hydrogens is 533 g/mol. The summed E-state index contributed by atoms with van der Waals surface area (Å²) in [5.41, 5.74) is 0.591. The number of nitrogens with zero attached hydrogens (tertiary/aromatic N) is 3. The van der Waals surface area contributed by atoms with Crippen molar-refractivity contribution in [2.24, 2.45) is 0 Å². The average Bonchev–Trinajstić information content (AvgIpc) is 3.39. The summed E-state index contributed by atoms with van der Waals surface area (Å²) in [7, 11) is -4.07. The third-order valence-electron chi connectivity index (χ3n) is 6.05. The molecule has 5 rings (SSSR count). The van der Waals surface area contributed by atoms with Crippen molar-refractivity contribution in [1.82, 2.24) is 15.1 Å². The van der Waals surface area contributed by atoms with Gasteiger partial charge in [0.1, 0.15) is 0 Å². The minimum absolute atomic E-state index is 0.0417. The zero-order chi connectivity index (χ0) is 26.8. The Hall–Kier alpha value is -3.64. The van der Waals surface area contributed by atoms with E-state index >= 15 is 0 Å². The molecule has 192 valence electrons. The third-order valence-corrected chi connectivity index (χ3v) is 8.12. The Bertz CT molecular complexity index is 1680. The van der Waals surface area contributed by atoms with E-state index in [4.69, 9.17) is 11.6 Å². The van der Waals surface area contributed by atoms with E-state index in [0.717, 1.165) is 12.1 Å². The number of nitrogens with one attached hydrogen (secondary N) is 1. The molecule has 0 saturated heterocycles. The molecule has 1 aliphatic rings. The van der Waals surface area contributed by atoms with Crippen molar-refractivity contribution < 1.29 is 26.1 Å². The van der Waals surface area contributed by atoms with Crippen molar-refractivity contribution >= 4 is 27.3 Å². The Labute approximate surface area is 213 Å². The summed E-state index contributed by atoms with van der Waals surface area (Å²) in [6.45, 7) is 3.76. The zero-order valence-corrected chi connectivity index (χ0v) is 20.9. The third kappa shape index (κ3) is 4.40. The molecule has 3 heterocycles. The summed E-state index contributed by atoms with van der Waals surface area (Å²) in [5, 5.41) is 3.61. The lowest BCUT2D eigenvalue weighted by molar-refractivity contribution is -0.137. The number of fused-ring (bicyclic) bond motifs is 1. The van der Waals surface area contributed by atoms with Crippen LogP contribution >= 0.6 is 11.6 Å². The number of alkyl halides is 3. The number of aromatic amines is 1. The first-order chi connectivity index (χ1) is 17.3. The van der Waals surface area contributed by atoms with Gasteiger partial charge in [0.05, 0.1) is 32.6 Å². The van der Waals surface area contributed by atoms with Gasteiger partial charge in [-0.1, -0.05) is 42.7 Å². The van der Waals surface area contributed by atoms with Crippen molar-refractivity contribution in [3.8, 4) is 22.6 Å². The Kier molecular flexibility index (Phi) is 5.72. The lowest BCUT2D eigenvalue weighted by Crippen LogP contribution is -2.34. The molecule has 0 spiro atoms. The number of H-pyrrole nitrogens is 1. The molecule has 0 radical (unpaired) electrons. The molecule has 0 atom stereocenters. The van der Waals surface area contributed by atoms with Crippen LogP contribution in [0.25, 0.3) is 22.6 Å². The monoisotopic (exact) mass is 550 g/mol. The molecule has 37 heavy (non-hydrogen) atoms. The highest BCUT2D eigenvalue weighted by Crippen LogP contribution is 2.43. The van der Waals surface area contributed by atoms with Gasteiger partial charge in [-0.3, -0.25) is 13.8 Å². The number of pyridine rings is 1. The molecule has 0 amide bonds. The van der Waals surface area contributed by atoms with E-state index in [1.54, 1.807) is 12.1 Å². The standard InChI is InChI=1S/C24H18ClF3N4O4S/c1-23(2)12-32(37(34,35)15-7-8-16(17(25)11-15)21-30-22(33)36-31-21)19-10-9-18(29-20(19)23)13-3-5-14(6-4-13)24(26,27)28/h3-11H,12H2,1-2H3,(H,30,31,33). The topological polar surface area (TPSA) is 109 Å². The van der Waals surface area contributed by atoms with E-state index in [1.807, 2.05) is 13.8 Å². The first-order valence-electron chi connectivity index (χ1n) is 10.9. The van der Waals surface area contributed by atoms with Crippen molar-refractivity contribution in [3.05, 3.63) is 81.4 Å². The van der Waals surface area contributed by atoms with Gasteiger partial charge in [0, 0.05) is 23.1 Å². The van der Waals surface area contributed by atoms with Crippen LogP contribution in [0.1, 0.15) is 25.1 Å². The van der Waals surface area contributed by atoms with Gasteiger partial charge < -0.3 is 0 Å². The molecule has 1 aliphatic heterocycles. The van der Waals surface area contributed by atoms with E-state index in [2.05, 4.69) is 19.6 Å². The maximum Gasteiger partial charge on any atom is 0.439 e.